The number of nitrogens with zero attached hydrogens (tertiary/aromatic N) is 3. The molecule has 1 aromatic carbocycles. The Hall–Kier alpha value is -2.54. The Bertz CT molecular complexity index is 795. The molecular formula is C19H23ClN4O3. The first-order valence-corrected chi connectivity index (χ1v) is 9.18. The van der Waals surface area contributed by atoms with Crippen molar-refractivity contribution in [2.75, 3.05) is 18.4 Å². The van der Waals surface area contributed by atoms with Gasteiger partial charge in [0.25, 0.3) is 0 Å². The SMILES string of the molecule is CC(C)(C)OC(=O)N1CCC(Nc2ncc(Cl)c(Oc3ccccc3)n2)C1. The lowest BCUT2D eigenvalue weighted by Crippen LogP contribution is -2.36. The molecule has 3 rings (SSSR count). The number of nitrogens with one attached hydrogen (secondary N) is 1. The van der Waals surface area contributed by atoms with Crippen molar-refractivity contribution < 1.29 is 14.3 Å². The number of para-hydroxylation sites is 1. The van der Waals surface area contributed by atoms with E-state index in [4.69, 9.17) is 21.1 Å². The van der Waals surface area contributed by atoms with Crippen LogP contribution in [0.3, 0.4) is 0 Å². The summed E-state index contributed by atoms with van der Waals surface area (Å²) in [6.07, 6.45) is 1.97. The Morgan fingerprint density at radius 1 is 1.30 bits per heavy atom. The first-order chi connectivity index (χ1) is 12.8. The van der Waals surface area contributed by atoms with Gasteiger partial charge < -0.3 is 19.7 Å². The van der Waals surface area contributed by atoms with Gasteiger partial charge in [-0.1, -0.05) is 29.8 Å². The molecule has 2 aromatic rings. The van der Waals surface area contributed by atoms with E-state index in [-0.39, 0.29) is 18.0 Å². The van der Waals surface area contributed by atoms with Gasteiger partial charge in [-0.05, 0) is 39.3 Å². The highest BCUT2D eigenvalue weighted by Gasteiger charge is 2.30. The van der Waals surface area contributed by atoms with Crippen LogP contribution in [0.4, 0.5) is 10.7 Å². The summed E-state index contributed by atoms with van der Waals surface area (Å²) in [6, 6.07) is 9.31. The number of carbonyl (C=O) groups excluding carboxylic acids is 1. The average Bonchev–Trinajstić information content (AvgIpc) is 3.06. The molecule has 1 fully saturated rings. The van der Waals surface area contributed by atoms with Gasteiger partial charge in [0.2, 0.25) is 11.8 Å². The highest BCUT2D eigenvalue weighted by atomic mass is 35.5. The molecule has 0 spiro atoms. The summed E-state index contributed by atoms with van der Waals surface area (Å²) in [5, 5.41) is 3.56. The standard InChI is InChI=1S/C19H23ClN4O3/c1-19(2,3)27-18(25)24-10-9-13(12-24)22-17-21-11-15(20)16(23-17)26-14-7-5-4-6-8-14/h4-8,11,13H,9-10,12H2,1-3H3,(H,21,22,23). The van der Waals surface area contributed by atoms with Gasteiger partial charge in [0.1, 0.15) is 16.4 Å². The van der Waals surface area contributed by atoms with E-state index in [0.717, 1.165) is 6.42 Å². The van der Waals surface area contributed by atoms with Crippen LogP contribution >= 0.6 is 11.6 Å². The van der Waals surface area contributed by atoms with Gasteiger partial charge in [0.15, 0.2) is 0 Å². The summed E-state index contributed by atoms with van der Waals surface area (Å²) >= 11 is 6.14. The van der Waals surface area contributed by atoms with Crippen molar-refractivity contribution in [1.29, 1.82) is 0 Å². The number of carbonyl (C=O) groups is 1. The molecule has 27 heavy (non-hydrogen) atoms. The van der Waals surface area contributed by atoms with Crippen molar-refractivity contribution in [2.24, 2.45) is 0 Å². The molecule has 0 radical (unpaired) electrons. The average molecular weight is 391 g/mol. The number of halogens is 1. The number of hydrogen-bond acceptors (Lipinski definition) is 6. The number of anilines is 1. The Morgan fingerprint density at radius 3 is 2.74 bits per heavy atom. The first kappa shape index (κ1) is 19.2. The lowest BCUT2D eigenvalue weighted by Gasteiger charge is -2.24. The highest BCUT2D eigenvalue weighted by molar-refractivity contribution is 6.31. The highest BCUT2D eigenvalue weighted by Crippen LogP contribution is 2.28. The van der Waals surface area contributed by atoms with Gasteiger partial charge >= 0.3 is 6.09 Å². The van der Waals surface area contributed by atoms with Crippen molar-refractivity contribution in [2.45, 2.75) is 38.8 Å². The molecule has 1 amide bonds. The fourth-order valence-electron chi connectivity index (χ4n) is 2.65. The lowest BCUT2D eigenvalue weighted by molar-refractivity contribution is 0.0293. The summed E-state index contributed by atoms with van der Waals surface area (Å²) in [5.74, 6) is 1.32. The Labute approximate surface area is 163 Å². The summed E-state index contributed by atoms with van der Waals surface area (Å²) in [5.41, 5.74) is -0.508. The van der Waals surface area contributed by atoms with Gasteiger partial charge in [-0.25, -0.2) is 9.78 Å². The van der Waals surface area contributed by atoms with Crippen LogP contribution in [-0.4, -0.2) is 45.7 Å². The van der Waals surface area contributed by atoms with Gasteiger partial charge in [-0.15, -0.1) is 0 Å². The van der Waals surface area contributed by atoms with Crippen LogP contribution in [0, 0.1) is 0 Å². The number of ether oxygens (including phenoxy) is 2. The minimum atomic E-state index is -0.508. The summed E-state index contributed by atoms with van der Waals surface area (Å²) in [6.45, 7) is 6.70. The third kappa shape index (κ3) is 5.47. The molecule has 0 aliphatic carbocycles. The fourth-order valence-corrected chi connectivity index (χ4v) is 2.78. The number of rotatable bonds is 4. The maximum absolute atomic E-state index is 12.2. The van der Waals surface area contributed by atoms with E-state index >= 15 is 0 Å². The molecule has 7 nitrogen and oxygen atoms in total. The van der Waals surface area contributed by atoms with Crippen LogP contribution in [0.1, 0.15) is 27.2 Å². The van der Waals surface area contributed by atoms with E-state index in [1.165, 1.54) is 6.20 Å². The molecule has 1 aliphatic rings. The fraction of sp³-hybridized carbons (Fsp3) is 0.421. The van der Waals surface area contributed by atoms with E-state index in [9.17, 15) is 4.79 Å². The molecule has 144 valence electrons. The third-order valence-electron chi connectivity index (χ3n) is 3.84. The monoisotopic (exact) mass is 390 g/mol. The number of amides is 1. The zero-order chi connectivity index (χ0) is 19.4. The second-order valence-corrected chi connectivity index (χ2v) is 7.73. The van der Waals surface area contributed by atoms with Crippen LogP contribution in [0.2, 0.25) is 5.02 Å². The molecule has 1 N–H and O–H groups in total. The molecule has 8 heteroatoms. The van der Waals surface area contributed by atoms with Gasteiger partial charge in [0.05, 0.1) is 6.20 Å². The number of aromatic nitrogens is 2. The first-order valence-electron chi connectivity index (χ1n) is 8.80. The van der Waals surface area contributed by atoms with Crippen LogP contribution in [0.25, 0.3) is 0 Å². The molecule has 0 bridgehead atoms. The van der Waals surface area contributed by atoms with Crippen molar-refractivity contribution in [3.8, 4) is 11.6 Å². The Kier molecular flexibility index (Phi) is 5.70. The van der Waals surface area contributed by atoms with Crippen LogP contribution in [0.15, 0.2) is 36.5 Å². The quantitative estimate of drug-likeness (QED) is 0.836. The van der Waals surface area contributed by atoms with E-state index < -0.39 is 5.60 Å². The van der Waals surface area contributed by atoms with Gasteiger partial charge in [-0.3, -0.25) is 0 Å². The van der Waals surface area contributed by atoms with Crippen molar-refractivity contribution in [3.63, 3.8) is 0 Å². The van der Waals surface area contributed by atoms with Crippen LogP contribution < -0.4 is 10.1 Å². The predicted octanol–water partition coefficient (Wildman–Crippen LogP) is 4.34. The summed E-state index contributed by atoms with van der Waals surface area (Å²) < 4.78 is 11.1. The van der Waals surface area contributed by atoms with E-state index in [1.54, 1.807) is 4.90 Å². The molecule has 1 aromatic heterocycles. The van der Waals surface area contributed by atoms with Gasteiger partial charge in [-0.2, -0.15) is 4.98 Å². The second kappa shape index (κ2) is 8.00. The molecule has 1 aliphatic heterocycles. The molecule has 0 saturated carbocycles. The normalized spacial score (nSPS) is 16.9. The minimum absolute atomic E-state index is 0.0308. The minimum Gasteiger partial charge on any atom is -0.444 e. The van der Waals surface area contributed by atoms with E-state index in [0.29, 0.717) is 29.8 Å². The van der Waals surface area contributed by atoms with E-state index in [1.807, 2.05) is 51.1 Å². The van der Waals surface area contributed by atoms with Gasteiger partial charge in [0, 0.05) is 19.1 Å². The topological polar surface area (TPSA) is 76.6 Å². The Balaban J connectivity index is 1.61. The van der Waals surface area contributed by atoms with Crippen LogP contribution in [-0.2, 0) is 4.74 Å². The zero-order valence-corrected chi connectivity index (χ0v) is 16.4. The third-order valence-corrected chi connectivity index (χ3v) is 4.10. The summed E-state index contributed by atoms with van der Waals surface area (Å²) in [7, 11) is 0. The molecule has 1 saturated heterocycles. The smallest absolute Gasteiger partial charge is 0.410 e. The maximum Gasteiger partial charge on any atom is 0.410 e. The predicted molar refractivity (Wildman–Crippen MR) is 103 cm³/mol. The number of benzene rings is 1. The van der Waals surface area contributed by atoms with Crippen molar-refractivity contribution in [3.05, 3.63) is 41.6 Å². The van der Waals surface area contributed by atoms with E-state index in [2.05, 4.69) is 15.3 Å². The van der Waals surface area contributed by atoms with Crippen molar-refractivity contribution in [1.82, 2.24) is 14.9 Å². The molecule has 2 heterocycles. The Morgan fingerprint density at radius 2 is 2.04 bits per heavy atom. The largest absolute Gasteiger partial charge is 0.444 e. The van der Waals surface area contributed by atoms with Crippen molar-refractivity contribution >= 4 is 23.6 Å². The maximum atomic E-state index is 12.2. The molecular weight excluding hydrogens is 368 g/mol. The molecule has 1 atom stereocenters. The zero-order valence-electron chi connectivity index (χ0n) is 15.6. The lowest BCUT2D eigenvalue weighted by atomic mass is 10.2. The number of hydrogen-bond donors (Lipinski definition) is 1. The molecule has 1 unspecified atom stereocenters. The summed E-state index contributed by atoms with van der Waals surface area (Å²) in [4.78, 5) is 22.4. The number of likely N-dealkylation sites (tertiary alicyclic amines) is 1. The second-order valence-electron chi connectivity index (χ2n) is 7.32. The van der Waals surface area contributed by atoms with Crippen LogP contribution in [0.5, 0.6) is 11.6 Å².